The minimum atomic E-state index is -0.610. The van der Waals surface area contributed by atoms with E-state index in [4.69, 9.17) is 16.3 Å². The summed E-state index contributed by atoms with van der Waals surface area (Å²) in [4.78, 5) is 27.7. The molecule has 1 N–H and O–H groups in total. The molecule has 3 aromatic carbocycles. The van der Waals surface area contributed by atoms with Crippen LogP contribution in [0.25, 0.3) is 10.8 Å². The van der Waals surface area contributed by atoms with Crippen molar-refractivity contribution in [2.75, 3.05) is 13.2 Å². The zero-order valence-corrected chi connectivity index (χ0v) is 19.3. The van der Waals surface area contributed by atoms with Gasteiger partial charge in [0.1, 0.15) is 11.8 Å². The minimum absolute atomic E-state index is 0.167. The third kappa shape index (κ3) is 5.80. The van der Waals surface area contributed by atoms with Crippen LogP contribution in [0.5, 0.6) is 5.75 Å². The van der Waals surface area contributed by atoms with Crippen molar-refractivity contribution < 1.29 is 14.3 Å². The molecule has 6 heteroatoms. The number of nitrogens with zero attached hydrogens (tertiary/aromatic N) is 1. The van der Waals surface area contributed by atoms with Crippen molar-refractivity contribution in [3.05, 3.63) is 77.3 Å². The van der Waals surface area contributed by atoms with Gasteiger partial charge in [-0.05, 0) is 35.9 Å². The zero-order chi connectivity index (χ0) is 22.9. The quantitative estimate of drug-likeness (QED) is 0.459. The van der Waals surface area contributed by atoms with Crippen LogP contribution in [0, 0.1) is 0 Å². The van der Waals surface area contributed by atoms with Gasteiger partial charge in [0.15, 0.2) is 6.61 Å². The van der Waals surface area contributed by atoms with E-state index in [1.165, 1.54) is 0 Å². The average molecular weight is 453 g/mol. The molecule has 2 amide bonds. The SMILES string of the molecule is CCCNC(=O)[C@@H](CC)N(Cc1ccccc1Cl)C(=O)COc1cccc2ccccc12. The summed E-state index contributed by atoms with van der Waals surface area (Å²) < 4.78 is 5.93. The van der Waals surface area contributed by atoms with E-state index in [1.807, 2.05) is 74.5 Å². The number of amides is 2. The van der Waals surface area contributed by atoms with Gasteiger partial charge in [-0.2, -0.15) is 0 Å². The number of hydrogen-bond donors (Lipinski definition) is 1. The van der Waals surface area contributed by atoms with E-state index in [-0.39, 0.29) is 25.0 Å². The molecule has 3 rings (SSSR count). The number of nitrogens with one attached hydrogen (secondary N) is 1. The molecule has 0 bridgehead atoms. The summed E-state index contributed by atoms with van der Waals surface area (Å²) in [5.41, 5.74) is 0.786. The van der Waals surface area contributed by atoms with Gasteiger partial charge < -0.3 is 15.0 Å². The van der Waals surface area contributed by atoms with Crippen molar-refractivity contribution in [2.45, 2.75) is 39.3 Å². The smallest absolute Gasteiger partial charge is 0.261 e. The van der Waals surface area contributed by atoms with E-state index in [0.29, 0.717) is 23.7 Å². The molecule has 0 aliphatic rings. The second-order valence-electron chi connectivity index (χ2n) is 7.59. The molecular weight excluding hydrogens is 424 g/mol. The molecule has 0 saturated carbocycles. The van der Waals surface area contributed by atoms with Crippen molar-refractivity contribution >= 4 is 34.2 Å². The predicted molar refractivity (Wildman–Crippen MR) is 129 cm³/mol. The molecule has 32 heavy (non-hydrogen) atoms. The first-order chi connectivity index (χ1) is 15.5. The van der Waals surface area contributed by atoms with Crippen molar-refractivity contribution in [1.82, 2.24) is 10.2 Å². The maximum atomic E-state index is 13.3. The first-order valence-corrected chi connectivity index (χ1v) is 11.3. The van der Waals surface area contributed by atoms with Crippen LogP contribution in [0.3, 0.4) is 0 Å². The topological polar surface area (TPSA) is 58.6 Å². The Balaban J connectivity index is 1.83. The predicted octanol–water partition coefficient (Wildman–Crippen LogP) is 5.21. The van der Waals surface area contributed by atoms with Crippen LogP contribution < -0.4 is 10.1 Å². The largest absolute Gasteiger partial charge is 0.483 e. The van der Waals surface area contributed by atoms with E-state index in [2.05, 4.69) is 5.32 Å². The number of rotatable bonds is 10. The molecule has 5 nitrogen and oxygen atoms in total. The number of carbonyl (C=O) groups is 2. The standard InChI is InChI=1S/C26H29ClN2O3/c1-3-16-28-26(31)23(4-2)29(17-20-11-6-8-14-22(20)27)25(30)18-32-24-15-9-12-19-10-5-7-13-21(19)24/h5-15,23H,3-4,16-18H2,1-2H3,(H,28,31)/t23-/m1/s1. The lowest BCUT2D eigenvalue weighted by Gasteiger charge is -2.31. The molecule has 0 saturated heterocycles. The van der Waals surface area contributed by atoms with Gasteiger partial charge in [-0.15, -0.1) is 0 Å². The van der Waals surface area contributed by atoms with E-state index in [1.54, 1.807) is 11.0 Å². The molecule has 0 aliphatic carbocycles. The normalized spacial score (nSPS) is 11.7. The molecule has 0 radical (unpaired) electrons. The lowest BCUT2D eigenvalue weighted by atomic mass is 10.1. The van der Waals surface area contributed by atoms with Crippen LogP contribution in [0.15, 0.2) is 66.7 Å². The molecule has 0 fully saturated rings. The molecule has 3 aromatic rings. The fraction of sp³-hybridized carbons (Fsp3) is 0.308. The fourth-order valence-electron chi connectivity index (χ4n) is 3.64. The maximum Gasteiger partial charge on any atom is 0.261 e. The van der Waals surface area contributed by atoms with Crippen LogP contribution in [0.1, 0.15) is 32.3 Å². The van der Waals surface area contributed by atoms with Crippen LogP contribution in [0.4, 0.5) is 0 Å². The highest BCUT2D eigenvalue weighted by Crippen LogP contribution is 2.25. The van der Waals surface area contributed by atoms with Crippen molar-refractivity contribution in [3.63, 3.8) is 0 Å². The third-order valence-electron chi connectivity index (χ3n) is 5.33. The number of halogens is 1. The third-order valence-corrected chi connectivity index (χ3v) is 5.70. The maximum absolute atomic E-state index is 13.3. The number of fused-ring (bicyclic) bond motifs is 1. The Morgan fingerprint density at radius 2 is 1.72 bits per heavy atom. The van der Waals surface area contributed by atoms with Gasteiger partial charge in [-0.1, -0.05) is 80.0 Å². The first kappa shape index (κ1) is 23.6. The van der Waals surface area contributed by atoms with Gasteiger partial charge in [0.2, 0.25) is 5.91 Å². The van der Waals surface area contributed by atoms with Gasteiger partial charge in [0, 0.05) is 23.5 Å². The summed E-state index contributed by atoms with van der Waals surface area (Å²) in [6.07, 6.45) is 1.31. The monoisotopic (exact) mass is 452 g/mol. The number of benzene rings is 3. The van der Waals surface area contributed by atoms with Crippen molar-refractivity contribution in [1.29, 1.82) is 0 Å². The van der Waals surface area contributed by atoms with Crippen LogP contribution in [-0.2, 0) is 16.1 Å². The molecule has 0 aromatic heterocycles. The molecule has 168 valence electrons. The summed E-state index contributed by atoms with van der Waals surface area (Å²) in [6.45, 7) is 4.52. The lowest BCUT2D eigenvalue weighted by Crippen LogP contribution is -2.50. The van der Waals surface area contributed by atoms with E-state index < -0.39 is 6.04 Å². The van der Waals surface area contributed by atoms with Crippen molar-refractivity contribution in [3.8, 4) is 5.75 Å². The van der Waals surface area contributed by atoms with Crippen LogP contribution in [-0.4, -0.2) is 35.9 Å². The van der Waals surface area contributed by atoms with Gasteiger partial charge in [0.05, 0.1) is 0 Å². The highest BCUT2D eigenvalue weighted by Gasteiger charge is 2.29. The summed E-state index contributed by atoms with van der Waals surface area (Å²) >= 11 is 6.35. The molecule has 0 spiro atoms. The van der Waals surface area contributed by atoms with Gasteiger partial charge in [-0.25, -0.2) is 0 Å². The Bertz CT molecular complexity index is 1060. The number of carbonyl (C=O) groups excluding carboxylic acids is 2. The minimum Gasteiger partial charge on any atom is -0.483 e. The van der Waals surface area contributed by atoms with Crippen LogP contribution in [0.2, 0.25) is 5.02 Å². The Morgan fingerprint density at radius 1 is 1.00 bits per heavy atom. The summed E-state index contributed by atoms with van der Waals surface area (Å²) in [5, 5.41) is 5.45. The first-order valence-electron chi connectivity index (χ1n) is 11.0. The zero-order valence-electron chi connectivity index (χ0n) is 18.5. The van der Waals surface area contributed by atoms with Gasteiger partial charge in [0.25, 0.3) is 5.91 Å². The Kier molecular flexibility index (Phi) is 8.51. The molecule has 0 aliphatic heterocycles. The van der Waals surface area contributed by atoms with Gasteiger partial charge in [-0.3, -0.25) is 9.59 Å². The summed E-state index contributed by atoms with van der Waals surface area (Å²) in [7, 11) is 0. The Labute approximate surface area is 194 Å². The number of hydrogen-bond acceptors (Lipinski definition) is 3. The van der Waals surface area contributed by atoms with Crippen LogP contribution >= 0.6 is 11.6 Å². The Hall–Kier alpha value is -3.05. The highest BCUT2D eigenvalue weighted by molar-refractivity contribution is 6.31. The molecule has 1 atom stereocenters. The van der Waals surface area contributed by atoms with Gasteiger partial charge >= 0.3 is 0 Å². The summed E-state index contributed by atoms with van der Waals surface area (Å²) in [5.74, 6) is 0.203. The molecular formula is C26H29ClN2O3. The van der Waals surface area contributed by atoms with E-state index in [9.17, 15) is 9.59 Å². The second-order valence-corrected chi connectivity index (χ2v) is 8.00. The van der Waals surface area contributed by atoms with E-state index >= 15 is 0 Å². The Morgan fingerprint density at radius 3 is 2.47 bits per heavy atom. The fourth-order valence-corrected chi connectivity index (χ4v) is 3.84. The second kappa shape index (κ2) is 11.5. The summed E-state index contributed by atoms with van der Waals surface area (Å²) in [6, 6.07) is 20.4. The average Bonchev–Trinajstić information content (AvgIpc) is 2.82. The highest BCUT2D eigenvalue weighted by atomic mass is 35.5. The molecule has 0 unspecified atom stereocenters. The lowest BCUT2D eigenvalue weighted by molar-refractivity contribution is -0.142. The number of ether oxygens (including phenoxy) is 1. The van der Waals surface area contributed by atoms with E-state index in [0.717, 1.165) is 22.8 Å². The van der Waals surface area contributed by atoms with Crippen molar-refractivity contribution in [2.24, 2.45) is 0 Å². The molecule has 0 heterocycles.